The Balaban J connectivity index is 2.00. The van der Waals surface area contributed by atoms with Crippen LogP contribution in [0.5, 0.6) is 5.75 Å². The van der Waals surface area contributed by atoms with Crippen LogP contribution in [0.2, 0.25) is 0 Å². The van der Waals surface area contributed by atoms with E-state index in [9.17, 15) is 18.4 Å². The zero-order valence-corrected chi connectivity index (χ0v) is 16.2. The molecule has 1 heterocycles. The summed E-state index contributed by atoms with van der Waals surface area (Å²) < 4.78 is 39.8. The van der Waals surface area contributed by atoms with E-state index in [4.69, 9.17) is 4.74 Å². The minimum absolute atomic E-state index is 0.0576. The standard InChI is InChI=1S/C23H17F2NO4/c1-29-22-19(25)18(24)10-16-20(22)26(12-17(21(16)27)23(28)30-2)11-13-7-8-14-5-3-4-6-15(14)9-13/h3-10,12H,11H2,1-2H3. The van der Waals surface area contributed by atoms with E-state index in [0.29, 0.717) is 0 Å². The van der Waals surface area contributed by atoms with E-state index in [-0.39, 0.29) is 23.0 Å². The van der Waals surface area contributed by atoms with E-state index in [1.807, 2.05) is 42.5 Å². The van der Waals surface area contributed by atoms with E-state index in [1.54, 1.807) is 0 Å². The average Bonchev–Trinajstić information content (AvgIpc) is 2.76. The van der Waals surface area contributed by atoms with Crippen LogP contribution < -0.4 is 10.2 Å². The van der Waals surface area contributed by atoms with Gasteiger partial charge in [-0.2, -0.15) is 4.39 Å². The van der Waals surface area contributed by atoms with E-state index < -0.39 is 28.8 Å². The lowest BCUT2D eigenvalue weighted by molar-refractivity contribution is 0.0598. The van der Waals surface area contributed by atoms with Gasteiger partial charge in [-0.15, -0.1) is 0 Å². The molecule has 0 fully saturated rings. The Kier molecular flexibility index (Phi) is 4.95. The van der Waals surface area contributed by atoms with Crippen LogP contribution in [-0.2, 0) is 11.3 Å². The van der Waals surface area contributed by atoms with Crippen molar-refractivity contribution >= 4 is 27.6 Å². The molecule has 0 N–H and O–H groups in total. The van der Waals surface area contributed by atoms with Gasteiger partial charge in [0.1, 0.15) is 5.56 Å². The molecule has 4 rings (SSSR count). The van der Waals surface area contributed by atoms with Gasteiger partial charge in [-0.1, -0.05) is 36.4 Å². The first kappa shape index (κ1) is 19.6. The van der Waals surface area contributed by atoms with Crippen molar-refractivity contribution in [3.05, 3.63) is 87.7 Å². The third-order valence-electron chi connectivity index (χ3n) is 4.99. The van der Waals surface area contributed by atoms with Crippen molar-refractivity contribution in [1.82, 2.24) is 4.57 Å². The summed E-state index contributed by atoms with van der Waals surface area (Å²) in [5.74, 6) is -3.71. The number of hydrogen-bond acceptors (Lipinski definition) is 4. The molecular formula is C23H17F2NO4. The first-order valence-electron chi connectivity index (χ1n) is 9.09. The summed E-state index contributed by atoms with van der Waals surface area (Å²) in [6, 6.07) is 14.3. The summed E-state index contributed by atoms with van der Waals surface area (Å²) in [6.07, 6.45) is 1.28. The van der Waals surface area contributed by atoms with Crippen LogP contribution in [0.1, 0.15) is 15.9 Å². The highest BCUT2D eigenvalue weighted by Crippen LogP contribution is 2.30. The van der Waals surface area contributed by atoms with Gasteiger partial charge in [-0.25, -0.2) is 9.18 Å². The van der Waals surface area contributed by atoms with Crippen LogP contribution in [0.15, 0.2) is 59.5 Å². The number of carbonyl (C=O) groups is 1. The van der Waals surface area contributed by atoms with Gasteiger partial charge in [-0.3, -0.25) is 4.79 Å². The van der Waals surface area contributed by atoms with Gasteiger partial charge in [0.15, 0.2) is 11.6 Å². The molecular weight excluding hydrogens is 392 g/mol. The molecule has 152 valence electrons. The molecule has 0 aliphatic heterocycles. The normalized spacial score (nSPS) is 11.1. The summed E-state index contributed by atoms with van der Waals surface area (Å²) >= 11 is 0. The Morgan fingerprint density at radius 1 is 1.03 bits per heavy atom. The molecule has 4 aromatic rings. The zero-order valence-electron chi connectivity index (χ0n) is 16.2. The van der Waals surface area contributed by atoms with Crippen molar-refractivity contribution in [3.8, 4) is 5.75 Å². The van der Waals surface area contributed by atoms with Crippen molar-refractivity contribution in [2.75, 3.05) is 14.2 Å². The summed E-state index contributed by atoms with van der Waals surface area (Å²) in [6.45, 7) is 0.188. The molecule has 0 spiro atoms. The number of halogens is 2. The average molecular weight is 409 g/mol. The van der Waals surface area contributed by atoms with Crippen molar-refractivity contribution in [1.29, 1.82) is 0 Å². The molecule has 0 unspecified atom stereocenters. The van der Waals surface area contributed by atoms with Crippen molar-refractivity contribution in [3.63, 3.8) is 0 Å². The minimum Gasteiger partial charge on any atom is -0.491 e. The lowest BCUT2D eigenvalue weighted by Crippen LogP contribution is -2.21. The topological polar surface area (TPSA) is 57.5 Å². The number of fused-ring (bicyclic) bond motifs is 2. The quantitative estimate of drug-likeness (QED) is 0.472. The first-order chi connectivity index (χ1) is 14.4. The molecule has 3 aromatic carbocycles. The second-order valence-electron chi connectivity index (χ2n) is 6.77. The van der Waals surface area contributed by atoms with Crippen LogP contribution in [0.4, 0.5) is 8.78 Å². The Labute approximate surface area is 170 Å². The molecule has 0 saturated carbocycles. The Morgan fingerprint density at radius 2 is 1.77 bits per heavy atom. The van der Waals surface area contributed by atoms with Gasteiger partial charge in [-0.05, 0) is 28.5 Å². The number of ether oxygens (including phenoxy) is 2. The lowest BCUT2D eigenvalue weighted by atomic mass is 10.1. The van der Waals surface area contributed by atoms with Crippen LogP contribution in [-0.4, -0.2) is 24.8 Å². The predicted octanol–water partition coefficient (Wildman–Crippen LogP) is 4.28. The van der Waals surface area contributed by atoms with E-state index in [1.165, 1.54) is 17.9 Å². The van der Waals surface area contributed by atoms with Crippen LogP contribution in [0.25, 0.3) is 21.7 Å². The molecule has 0 saturated heterocycles. The SMILES string of the molecule is COC(=O)c1cn(Cc2ccc3ccccc3c2)c2c(OC)c(F)c(F)cc2c1=O. The van der Waals surface area contributed by atoms with Crippen molar-refractivity contribution in [2.24, 2.45) is 0 Å². The highest BCUT2D eigenvalue weighted by molar-refractivity contribution is 5.95. The molecule has 0 aliphatic rings. The Bertz CT molecular complexity index is 1360. The van der Waals surface area contributed by atoms with Crippen LogP contribution >= 0.6 is 0 Å². The Morgan fingerprint density at radius 3 is 2.47 bits per heavy atom. The number of methoxy groups -OCH3 is 2. The number of esters is 1. The molecule has 30 heavy (non-hydrogen) atoms. The van der Waals surface area contributed by atoms with Crippen LogP contribution in [0.3, 0.4) is 0 Å². The third kappa shape index (κ3) is 3.18. The number of nitrogens with zero attached hydrogens (tertiary/aromatic N) is 1. The number of pyridine rings is 1. The number of benzene rings is 3. The van der Waals surface area contributed by atoms with E-state index in [0.717, 1.165) is 29.5 Å². The van der Waals surface area contributed by atoms with Gasteiger partial charge < -0.3 is 14.0 Å². The Hall–Kier alpha value is -3.74. The molecule has 0 radical (unpaired) electrons. The highest BCUT2D eigenvalue weighted by atomic mass is 19.2. The van der Waals surface area contributed by atoms with Gasteiger partial charge in [0.05, 0.1) is 25.1 Å². The number of aromatic nitrogens is 1. The molecule has 0 bridgehead atoms. The monoisotopic (exact) mass is 409 g/mol. The number of hydrogen-bond donors (Lipinski definition) is 0. The molecule has 0 amide bonds. The van der Waals surface area contributed by atoms with E-state index >= 15 is 0 Å². The second-order valence-corrected chi connectivity index (χ2v) is 6.77. The third-order valence-corrected chi connectivity index (χ3v) is 4.99. The summed E-state index contributed by atoms with van der Waals surface area (Å²) in [5.41, 5.74) is -0.147. The fourth-order valence-electron chi connectivity index (χ4n) is 3.58. The fourth-order valence-corrected chi connectivity index (χ4v) is 3.58. The lowest BCUT2D eigenvalue weighted by Gasteiger charge is -2.17. The maximum absolute atomic E-state index is 14.4. The van der Waals surface area contributed by atoms with Crippen molar-refractivity contribution in [2.45, 2.75) is 6.54 Å². The largest absolute Gasteiger partial charge is 0.491 e. The van der Waals surface area contributed by atoms with E-state index in [2.05, 4.69) is 4.74 Å². The number of rotatable bonds is 4. The molecule has 1 aromatic heterocycles. The fraction of sp³-hybridized carbons (Fsp3) is 0.130. The predicted molar refractivity (Wildman–Crippen MR) is 109 cm³/mol. The zero-order chi connectivity index (χ0) is 21.4. The minimum atomic E-state index is -1.24. The van der Waals surface area contributed by atoms with Crippen molar-refractivity contribution < 1.29 is 23.0 Å². The van der Waals surface area contributed by atoms with Gasteiger partial charge in [0, 0.05) is 12.7 Å². The number of carbonyl (C=O) groups excluding carboxylic acids is 1. The summed E-state index contributed by atoms with van der Waals surface area (Å²) in [4.78, 5) is 24.9. The van der Waals surface area contributed by atoms with Crippen LogP contribution in [0, 0.1) is 11.6 Å². The van der Waals surface area contributed by atoms with Gasteiger partial charge in [0.25, 0.3) is 0 Å². The van der Waals surface area contributed by atoms with Gasteiger partial charge in [0.2, 0.25) is 11.2 Å². The summed E-state index contributed by atoms with van der Waals surface area (Å²) in [7, 11) is 2.34. The maximum atomic E-state index is 14.4. The molecule has 0 aliphatic carbocycles. The second kappa shape index (κ2) is 7.59. The molecule has 5 nitrogen and oxygen atoms in total. The molecule has 7 heteroatoms. The smallest absolute Gasteiger partial charge is 0.343 e. The van der Waals surface area contributed by atoms with Gasteiger partial charge >= 0.3 is 5.97 Å². The molecule has 0 atom stereocenters. The highest BCUT2D eigenvalue weighted by Gasteiger charge is 2.23. The summed E-state index contributed by atoms with van der Waals surface area (Å²) in [5, 5.41) is 1.87. The first-order valence-corrected chi connectivity index (χ1v) is 9.09. The maximum Gasteiger partial charge on any atom is 0.343 e.